The third kappa shape index (κ3) is 9.56. The molecule has 15 heteroatoms. The molecule has 4 aromatic carbocycles. The fourth-order valence-electron chi connectivity index (χ4n) is 9.35. The van der Waals surface area contributed by atoms with E-state index in [1.165, 1.54) is 7.11 Å². The van der Waals surface area contributed by atoms with Crippen LogP contribution in [0, 0.1) is 22.7 Å². The van der Waals surface area contributed by atoms with Gasteiger partial charge >= 0.3 is 6.09 Å². The summed E-state index contributed by atoms with van der Waals surface area (Å²) < 4.78 is 4.88. The molecule has 0 bridgehead atoms. The maximum absolute atomic E-state index is 14.2. The first-order valence-corrected chi connectivity index (χ1v) is 20.9. The lowest BCUT2D eigenvalue weighted by atomic mass is 9.99. The zero-order valence-corrected chi connectivity index (χ0v) is 39.8. The average Bonchev–Trinajstić information content (AvgIpc) is 3.90. The lowest BCUT2D eigenvalue weighted by Crippen LogP contribution is -2.43. The number of H-pyrrole nitrogens is 2. The van der Waals surface area contributed by atoms with Crippen molar-refractivity contribution in [1.29, 1.82) is 0 Å². The zero-order valence-electron chi connectivity index (χ0n) is 35.8. The van der Waals surface area contributed by atoms with Crippen LogP contribution < -0.4 is 5.32 Å². The van der Waals surface area contributed by atoms with Crippen LogP contribution in [0.1, 0.15) is 103 Å². The lowest BCUT2D eigenvalue weighted by molar-refractivity contribution is -0.135. The smallest absolute Gasteiger partial charge is 0.407 e. The maximum Gasteiger partial charge on any atom is 0.407 e. The number of hydrogen-bond donors (Lipinski definition) is 3. The largest absolute Gasteiger partial charge is 0.453 e. The Labute approximate surface area is 401 Å². The molecule has 64 heavy (non-hydrogen) atoms. The summed E-state index contributed by atoms with van der Waals surface area (Å²) >= 11 is 0. The normalized spacial score (nSPS) is 19.2. The topological polar surface area (TPSA) is 136 Å². The molecule has 2 aromatic heterocycles. The molecule has 4 atom stereocenters. The highest BCUT2D eigenvalue weighted by Gasteiger charge is 2.56. The molecule has 2 saturated heterocycles. The highest BCUT2D eigenvalue weighted by molar-refractivity contribution is 7.59. The van der Waals surface area contributed by atoms with Gasteiger partial charge in [-0.25, -0.2) is 14.8 Å². The SMILES string of the molecule is COC(=O)N[C@H](C(=O)N1CC2(CC2)C[C@H]1c1ncc(-c2ccc(C#Cc3ccc4nc([C@@H]5CC6(CC6)CN5C(=O)[C@@H](C)c5ccccc5)[nH]c4c3)cc2)[nH]1)c1ccccc1.S.S.S.S. The second kappa shape index (κ2) is 19.5. The summed E-state index contributed by atoms with van der Waals surface area (Å²) in [6.07, 6.45) is 7.38. The van der Waals surface area contributed by atoms with Crippen molar-refractivity contribution in [2.24, 2.45) is 10.8 Å². The van der Waals surface area contributed by atoms with Gasteiger partial charge in [0.2, 0.25) is 5.91 Å². The molecule has 0 radical (unpaired) electrons. The number of benzene rings is 4. The van der Waals surface area contributed by atoms with Crippen molar-refractivity contribution < 1.29 is 19.1 Å². The molecule has 11 nitrogen and oxygen atoms in total. The number of aromatic nitrogens is 4. The molecule has 6 aromatic rings. The second-order valence-electron chi connectivity index (χ2n) is 17.3. The molecular weight excluding hydrogens is 879 g/mol. The molecule has 10 rings (SSSR count). The third-order valence-corrected chi connectivity index (χ3v) is 13.3. The summed E-state index contributed by atoms with van der Waals surface area (Å²) in [6, 6.07) is 32.2. The van der Waals surface area contributed by atoms with E-state index in [1.54, 1.807) is 0 Å². The molecule has 2 spiro atoms. The molecule has 3 N–H and O–H groups in total. The Balaban J connectivity index is 0.00000170. The van der Waals surface area contributed by atoms with Crippen LogP contribution >= 0.6 is 54.0 Å². The van der Waals surface area contributed by atoms with E-state index in [9.17, 15) is 14.4 Å². The zero-order chi connectivity index (χ0) is 41.0. The van der Waals surface area contributed by atoms with Crippen LogP contribution in [0.5, 0.6) is 0 Å². The van der Waals surface area contributed by atoms with Crippen molar-refractivity contribution in [3.63, 3.8) is 0 Å². The number of nitrogens with one attached hydrogen (secondary N) is 3. The summed E-state index contributed by atoms with van der Waals surface area (Å²) in [5, 5.41) is 2.76. The predicted molar refractivity (Wildman–Crippen MR) is 269 cm³/mol. The Morgan fingerprint density at radius 1 is 0.719 bits per heavy atom. The Morgan fingerprint density at radius 3 is 1.89 bits per heavy atom. The number of likely N-dealkylation sites (tertiary alicyclic amines) is 2. The van der Waals surface area contributed by atoms with E-state index in [4.69, 9.17) is 14.7 Å². The first kappa shape index (κ1) is 48.2. The van der Waals surface area contributed by atoms with E-state index in [0.29, 0.717) is 12.1 Å². The van der Waals surface area contributed by atoms with E-state index in [2.05, 4.69) is 32.0 Å². The minimum atomic E-state index is -0.874. The first-order valence-electron chi connectivity index (χ1n) is 20.9. The van der Waals surface area contributed by atoms with E-state index >= 15 is 0 Å². The number of hydrogen-bond acceptors (Lipinski definition) is 6. The fraction of sp³-hybridized carbons (Fsp3) is 0.327. The highest BCUT2D eigenvalue weighted by atomic mass is 32.1. The fourth-order valence-corrected chi connectivity index (χ4v) is 9.35. The van der Waals surface area contributed by atoms with Crippen LogP contribution in [-0.2, 0) is 14.3 Å². The van der Waals surface area contributed by atoms with Crippen LogP contribution in [0.4, 0.5) is 4.79 Å². The van der Waals surface area contributed by atoms with Crippen molar-refractivity contribution in [3.05, 3.63) is 143 Å². The van der Waals surface area contributed by atoms with E-state index < -0.39 is 12.1 Å². The number of aromatic amines is 2. The van der Waals surface area contributed by atoms with Gasteiger partial charge in [-0.3, -0.25) is 9.59 Å². The van der Waals surface area contributed by atoms with Gasteiger partial charge in [0.1, 0.15) is 17.7 Å². The van der Waals surface area contributed by atoms with Crippen molar-refractivity contribution in [2.45, 2.75) is 69.5 Å². The standard InChI is InChI=1S/C49H47N7O4.4H2S/c1-31(34-9-5-3-6-10-34)45(57)55-29-49(23-24-49)27-41(55)44-51-37-20-17-33(25-38(37)52-44)14-13-32-15-18-35(19-16-32)39-28-50-43(53-39)40-26-48(21-22-48)30-56(40)46(58)42(54-47(59)60-2)36-11-7-4-8-12-36;;;;/h3-12,15-20,25,28,31,40-42H,21-24,26-27,29-30H2,1-2H3,(H,50,53)(H,51,52)(H,54,59);4*1H2/t31-,40-,41-,42-;;;;/m0..../s1. The lowest BCUT2D eigenvalue weighted by Gasteiger charge is -2.28. The van der Waals surface area contributed by atoms with E-state index in [-0.39, 0.29) is 94.6 Å². The summed E-state index contributed by atoms with van der Waals surface area (Å²) in [6.45, 7) is 3.41. The predicted octanol–water partition coefficient (Wildman–Crippen LogP) is 8.81. The molecule has 2 saturated carbocycles. The van der Waals surface area contributed by atoms with Gasteiger partial charge in [-0.1, -0.05) is 84.6 Å². The molecule has 334 valence electrons. The van der Waals surface area contributed by atoms with E-state index in [1.807, 2.05) is 121 Å². The number of amides is 3. The van der Waals surface area contributed by atoms with Crippen LogP contribution in [0.3, 0.4) is 0 Å². The van der Waals surface area contributed by atoms with Crippen molar-refractivity contribution in [1.82, 2.24) is 35.1 Å². The Morgan fingerprint density at radius 2 is 1.28 bits per heavy atom. The third-order valence-electron chi connectivity index (χ3n) is 13.3. The average molecular weight is 934 g/mol. The van der Waals surface area contributed by atoms with Gasteiger partial charge < -0.3 is 29.8 Å². The number of imidazole rings is 2. The maximum atomic E-state index is 14.2. The molecule has 4 fully saturated rings. The van der Waals surface area contributed by atoms with E-state index in [0.717, 1.165) is 95.7 Å². The molecule has 2 aliphatic carbocycles. The molecule has 4 heterocycles. The molecule has 0 unspecified atom stereocenters. The summed E-state index contributed by atoms with van der Waals surface area (Å²) in [4.78, 5) is 61.2. The van der Waals surface area contributed by atoms with Crippen molar-refractivity contribution in [3.8, 4) is 23.1 Å². The Hall–Kier alpha value is -5.27. The number of ether oxygens (including phenoxy) is 1. The van der Waals surface area contributed by atoms with Gasteiger partial charge in [-0.15, -0.1) is 0 Å². The van der Waals surface area contributed by atoms with Gasteiger partial charge in [0.15, 0.2) is 0 Å². The van der Waals surface area contributed by atoms with Crippen LogP contribution in [0.2, 0.25) is 0 Å². The molecule has 4 aliphatic rings. The van der Waals surface area contributed by atoms with Crippen molar-refractivity contribution in [2.75, 3.05) is 20.2 Å². The van der Waals surface area contributed by atoms with Gasteiger partial charge in [0.25, 0.3) is 5.91 Å². The number of rotatable bonds is 8. The minimum absolute atomic E-state index is 0. The van der Waals surface area contributed by atoms with Crippen LogP contribution in [0.15, 0.2) is 109 Å². The number of fused-ring (bicyclic) bond motifs is 1. The molecule has 2 aliphatic heterocycles. The monoisotopic (exact) mass is 933 g/mol. The second-order valence-corrected chi connectivity index (χ2v) is 17.3. The number of methoxy groups -OCH3 is 1. The summed E-state index contributed by atoms with van der Waals surface area (Å²) in [5.74, 6) is 7.98. The van der Waals surface area contributed by atoms with Gasteiger partial charge in [-0.05, 0) is 103 Å². The van der Waals surface area contributed by atoms with Gasteiger partial charge in [0, 0.05) is 24.2 Å². The van der Waals surface area contributed by atoms with Gasteiger partial charge in [-0.2, -0.15) is 54.0 Å². The first-order chi connectivity index (χ1) is 29.2. The number of carbonyl (C=O) groups is 3. The Bertz CT molecular complexity index is 2670. The Kier molecular flexibility index (Phi) is 14.6. The molecular formula is C49H55N7O4S4. The van der Waals surface area contributed by atoms with Crippen LogP contribution in [0.25, 0.3) is 22.3 Å². The summed E-state index contributed by atoms with van der Waals surface area (Å²) in [7, 11) is 1.30. The minimum Gasteiger partial charge on any atom is -0.453 e. The molecule has 3 amide bonds. The summed E-state index contributed by atoms with van der Waals surface area (Å²) in [5.41, 5.74) is 7.38. The van der Waals surface area contributed by atoms with Crippen molar-refractivity contribution >= 4 is 82.9 Å². The number of alkyl carbamates (subject to hydrolysis) is 1. The number of nitrogens with zero attached hydrogens (tertiary/aromatic N) is 4. The highest BCUT2D eigenvalue weighted by Crippen LogP contribution is 2.59. The van der Waals surface area contributed by atoms with Gasteiger partial charge in [0.05, 0.1) is 48.0 Å². The number of carbonyl (C=O) groups excluding carboxylic acids is 3. The van der Waals surface area contributed by atoms with Crippen LogP contribution in [-0.4, -0.2) is 67.8 Å². The quantitative estimate of drug-likeness (QED) is 0.131.